The molecule has 0 aliphatic rings. The van der Waals surface area contributed by atoms with Crippen LogP contribution in [0.15, 0.2) is 47.8 Å². The Labute approximate surface area is 119 Å². The van der Waals surface area contributed by atoms with E-state index in [4.69, 9.17) is 0 Å². The van der Waals surface area contributed by atoms with Crippen molar-refractivity contribution in [2.24, 2.45) is 0 Å². The van der Waals surface area contributed by atoms with Gasteiger partial charge in [-0.2, -0.15) is 5.10 Å². The minimum Gasteiger partial charge on any atom is -0.351 e. The third-order valence-corrected chi connectivity index (χ3v) is 3.11. The van der Waals surface area contributed by atoms with Crippen molar-refractivity contribution in [3.63, 3.8) is 0 Å². The molecule has 7 heteroatoms. The number of amides is 1. The lowest BCUT2D eigenvalue weighted by atomic mass is 10.2. The van der Waals surface area contributed by atoms with Gasteiger partial charge in [0.1, 0.15) is 11.2 Å². The maximum atomic E-state index is 12.2. The highest BCUT2D eigenvalue weighted by Gasteiger charge is 2.12. The number of aromatic nitrogens is 4. The van der Waals surface area contributed by atoms with Crippen LogP contribution in [-0.2, 0) is 6.42 Å². The Kier molecular flexibility index (Phi) is 3.46. The van der Waals surface area contributed by atoms with Gasteiger partial charge in [-0.1, -0.05) is 6.07 Å². The molecule has 3 heterocycles. The van der Waals surface area contributed by atoms with Crippen molar-refractivity contribution in [2.75, 3.05) is 6.54 Å². The maximum absolute atomic E-state index is 12.2. The van der Waals surface area contributed by atoms with Crippen LogP contribution >= 0.6 is 0 Å². The van der Waals surface area contributed by atoms with E-state index >= 15 is 0 Å². The highest BCUT2D eigenvalue weighted by atomic mass is 16.2. The predicted molar refractivity (Wildman–Crippen MR) is 76.1 cm³/mol. The van der Waals surface area contributed by atoms with Crippen molar-refractivity contribution in [3.05, 3.63) is 64.5 Å². The monoisotopic (exact) mass is 283 g/mol. The summed E-state index contributed by atoms with van der Waals surface area (Å²) in [4.78, 5) is 28.4. The van der Waals surface area contributed by atoms with E-state index < -0.39 is 5.91 Å². The zero-order valence-electron chi connectivity index (χ0n) is 11.1. The number of pyridine rings is 1. The molecular formula is C14H13N5O2. The van der Waals surface area contributed by atoms with Gasteiger partial charge in [0.2, 0.25) is 0 Å². The molecule has 1 amide bonds. The number of hydrogen-bond acceptors (Lipinski definition) is 4. The molecule has 0 saturated heterocycles. The van der Waals surface area contributed by atoms with Crippen molar-refractivity contribution >= 4 is 11.6 Å². The van der Waals surface area contributed by atoms with Crippen LogP contribution in [-0.4, -0.2) is 32.0 Å². The van der Waals surface area contributed by atoms with Crippen molar-refractivity contribution in [3.8, 4) is 0 Å². The maximum Gasteiger partial charge on any atom is 0.270 e. The van der Waals surface area contributed by atoms with Crippen LogP contribution in [0.5, 0.6) is 0 Å². The molecule has 0 aromatic carbocycles. The summed E-state index contributed by atoms with van der Waals surface area (Å²) < 4.78 is 1.35. The van der Waals surface area contributed by atoms with Crippen LogP contribution < -0.4 is 10.9 Å². The number of fused-ring (bicyclic) bond motifs is 1. The molecule has 7 nitrogen and oxygen atoms in total. The van der Waals surface area contributed by atoms with Crippen LogP contribution in [0.1, 0.15) is 15.9 Å². The average molecular weight is 283 g/mol. The first-order chi connectivity index (χ1) is 10.3. The van der Waals surface area contributed by atoms with Gasteiger partial charge in [0, 0.05) is 25.1 Å². The molecule has 3 aromatic rings. The second kappa shape index (κ2) is 5.58. The molecule has 0 aliphatic heterocycles. The summed E-state index contributed by atoms with van der Waals surface area (Å²) in [7, 11) is 0. The van der Waals surface area contributed by atoms with Gasteiger partial charge in [-0.05, 0) is 24.1 Å². The standard InChI is InChI=1S/C14H13N5O2/c20-13(15-5-4-10-7-17-18-8-10)11-9-16-12-3-1-2-6-19(12)14(11)21/h1-3,6-9H,4-5H2,(H,15,20)(H,17,18). The first-order valence-electron chi connectivity index (χ1n) is 6.48. The van der Waals surface area contributed by atoms with Crippen molar-refractivity contribution < 1.29 is 4.79 Å². The van der Waals surface area contributed by atoms with Gasteiger partial charge in [-0.15, -0.1) is 0 Å². The summed E-state index contributed by atoms with van der Waals surface area (Å²) in [5.41, 5.74) is 1.16. The highest BCUT2D eigenvalue weighted by molar-refractivity contribution is 5.93. The van der Waals surface area contributed by atoms with Gasteiger partial charge < -0.3 is 5.32 Å². The van der Waals surface area contributed by atoms with Crippen LogP contribution in [0.2, 0.25) is 0 Å². The van der Waals surface area contributed by atoms with E-state index in [1.807, 2.05) is 0 Å². The van der Waals surface area contributed by atoms with Gasteiger partial charge in [0.25, 0.3) is 11.5 Å². The normalized spacial score (nSPS) is 10.7. The first kappa shape index (κ1) is 13.0. The molecule has 0 aliphatic carbocycles. The number of rotatable bonds is 4. The van der Waals surface area contributed by atoms with Crippen molar-refractivity contribution in [1.82, 2.24) is 24.9 Å². The zero-order chi connectivity index (χ0) is 14.7. The molecule has 0 unspecified atom stereocenters. The molecule has 0 atom stereocenters. The van der Waals surface area contributed by atoms with Gasteiger partial charge in [-0.3, -0.25) is 19.1 Å². The fourth-order valence-corrected chi connectivity index (χ4v) is 2.01. The molecule has 3 aromatic heterocycles. The lowest BCUT2D eigenvalue weighted by Crippen LogP contribution is -2.32. The number of aromatic amines is 1. The van der Waals surface area contributed by atoms with Crippen LogP contribution in [0, 0.1) is 0 Å². The zero-order valence-corrected chi connectivity index (χ0v) is 11.1. The smallest absolute Gasteiger partial charge is 0.270 e. The van der Waals surface area contributed by atoms with E-state index in [1.54, 1.807) is 36.8 Å². The van der Waals surface area contributed by atoms with Crippen molar-refractivity contribution in [2.45, 2.75) is 6.42 Å². The van der Waals surface area contributed by atoms with Crippen LogP contribution in [0.4, 0.5) is 0 Å². The van der Waals surface area contributed by atoms with Gasteiger partial charge in [0.05, 0.1) is 6.20 Å². The predicted octanol–water partition coefficient (Wildman–Crippen LogP) is 0.390. The summed E-state index contributed by atoms with van der Waals surface area (Å²) in [6.45, 7) is 0.426. The van der Waals surface area contributed by atoms with E-state index in [1.165, 1.54) is 10.6 Å². The molecule has 3 rings (SSSR count). The Hall–Kier alpha value is -2.96. The summed E-state index contributed by atoms with van der Waals surface area (Å²) in [5, 5.41) is 9.24. The number of carbonyl (C=O) groups is 1. The van der Waals surface area contributed by atoms with Gasteiger partial charge >= 0.3 is 0 Å². The Balaban J connectivity index is 1.75. The Morgan fingerprint density at radius 3 is 3.05 bits per heavy atom. The van der Waals surface area contributed by atoms with E-state index in [0.29, 0.717) is 18.6 Å². The molecule has 0 saturated carbocycles. The number of hydrogen-bond donors (Lipinski definition) is 2. The Morgan fingerprint density at radius 1 is 1.33 bits per heavy atom. The Bertz CT molecular complexity index is 823. The minimum absolute atomic E-state index is 0.0332. The number of carbonyl (C=O) groups excluding carboxylic acids is 1. The fraction of sp³-hybridized carbons (Fsp3) is 0.143. The summed E-state index contributed by atoms with van der Waals surface area (Å²) in [6.07, 6.45) is 7.00. The number of nitrogens with zero attached hydrogens (tertiary/aromatic N) is 3. The highest BCUT2D eigenvalue weighted by Crippen LogP contribution is 1.98. The molecule has 2 N–H and O–H groups in total. The second-order valence-corrected chi connectivity index (χ2v) is 4.52. The lowest BCUT2D eigenvalue weighted by molar-refractivity contribution is 0.0952. The third-order valence-electron chi connectivity index (χ3n) is 3.11. The van der Waals surface area contributed by atoms with E-state index in [9.17, 15) is 9.59 Å². The molecule has 0 spiro atoms. The molecule has 0 radical (unpaired) electrons. The van der Waals surface area contributed by atoms with E-state index in [2.05, 4.69) is 20.5 Å². The summed E-state index contributed by atoms with van der Waals surface area (Å²) in [6, 6.07) is 5.21. The number of H-pyrrole nitrogens is 1. The largest absolute Gasteiger partial charge is 0.351 e. The SMILES string of the molecule is O=C(NCCc1cn[nH]c1)c1cnc2ccccn2c1=O. The molecule has 21 heavy (non-hydrogen) atoms. The quantitative estimate of drug-likeness (QED) is 0.724. The molecule has 0 fully saturated rings. The van der Waals surface area contributed by atoms with Crippen LogP contribution in [0.3, 0.4) is 0 Å². The number of nitrogens with one attached hydrogen (secondary N) is 2. The van der Waals surface area contributed by atoms with Crippen molar-refractivity contribution in [1.29, 1.82) is 0 Å². The second-order valence-electron chi connectivity index (χ2n) is 4.52. The Morgan fingerprint density at radius 2 is 2.24 bits per heavy atom. The van der Waals surface area contributed by atoms with Gasteiger partial charge in [-0.25, -0.2) is 4.98 Å². The lowest BCUT2D eigenvalue weighted by Gasteiger charge is -2.05. The summed E-state index contributed by atoms with van der Waals surface area (Å²) in [5.74, 6) is -0.422. The van der Waals surface area contributed by atoms with Gasteiger partial charge in [0.15, 0.2) is 0 Å². The third kappa shape index (κ3) is 2.66. The molecular weight excluding hydrogens is 270 g/mol. The van der Waals surface area contributed by atoms with Crippen LogP contribution in [0.25, 0.3) is 5.65 Å². The first-order valence-corrected chi connectivity index (χ1v) is 6.48. The summed E-state index contributed by atoms with van der Waals surface area (Å²) >= 11 is 0. The minimum atomic E-state index is -0.422. The topological polar surface area (TPSA) is 92.2 Å². The fourth-order valence-electron chi connectivity index (χ4n) is 2.01. The van der Waals surface area contributed by atoms with E-state index in [0.717, 1.165) is 5.56 Å². The van der Waals surface area contributed by atoms with E-state index in [-0.39, 0.29) is 11.1 Å². The molecule has 106 valence electrons. The average Bonchev–Trinajstić information content (AvgIpc) is 3.01. The molecule has 0 bridgehead atoms.